The van der Waals surface area contributed by atoms with Crippen LogP contribution in [0.2, 0.25) is 0 Å². The van der Waals surface area contributed by atoms with Gasteiger partial charge in [0, 0.05) is 22.8 Å². The van der Waals surface area contributed by atoms with E-state index in [0.717, 1.165) is 11.3 Å². The van der Waals surface area contributed by atoms with Gasteiger partial charge in [0.1, 0.15) is 0 Å². The fourth-order valence-electron chi connectivity index (χ4n) is 2.43. The van der Waals surface area contributed by atoms with Crippen LogP contribution in [0.15, 0.2) is 57.0 Å². The second kappa shape index (κ2) is 9.80. The molecular weight excluding hydrogens is 390 g/mol. The molecule has 146 valence electrons. The number of carbonyl (C=O) groups excluding carboxylic acids is 1. The molecule has 0 aliphatic heterocycles. The first-order valence-electron chi connectivity index (χ1n) is 9.01. The Labute approximate surface area is 173 Å². The summed E-state index contributed by atoms with van der Waals surface area (Å²) in [5.41, 5.74) is 4.53. The van der Waals surface area contributed by atoms with Crippen LogP contribution in [0.4, 0.5) is 0 Å². The van der Waals surface area contributed by atoms with Crippen molar-refractivity contribution >= 4 is 29.4 Å². The summed E-state index contributed by atoms with van der Waals surface area (Å²) in [6.07, 6.45) is 0. The van der Waals surface area contributed by atoms with E-state index in [9.17, 15) is 4.79 Å². The number of nitrogens with zero attached hydrogens (tertiary/aromatic N) is 2. The lowest BCUT2D eigenvalue weighted by atomic mass is 10.1. The Balaban J connectivity index is 1.40. The highest BCUT2D eigenvalue weighted by molar-refractivity contribution is 7.99. The van der Waals surface area contributed by atoms with E-state index in [2.05, 4.69) is 53.6 Å². The highest BCUT2D eigenvalue weighted by Gasteiger charge is 2.11. The maximum atomic E-state index is 12.0. The molecule has 0 spiro atoms. The summed E-state index contributed by atoms with van der Waals surface area (Å²) in [4.78, 5) is 13.2. The van der Waals surface area contributed by atoms with Crippen molar-refractivity contribution in [1.29, 1.82) is 0 Å². The summed E-state index contributed by atoms with van der Waals surface area (Å²) >= 11 is 2.97. The van der Waals surface area contributed by atoms with E-state index in [0.29, 0.717) is 17.7 Å². The molecule has 0 unspecified atom stereocenters. The smallest absolute Gasteiger partial charge is 0.277 e. The minimum atomic E-state index is -0.0413. The van der Waals surface area contributed by atoms with Crippen molar-refractivity contribution in [2.24, 2.45) is 0 Å². The van der Waals surface area contributed by atoms with Crippen LogP contribution in [0, 0.1) is 20.8 Å². The van der Waals surface area contributed by atoms with Crippen LogP contribution in [0.5, 0.6) is 0 Å². The van der Waals surface area contributed by atoms with E-state index in [1.54, 1.807) is 11.8 Å². The van der Waals surface area contributed by atoms with Gasteiger partial charge in [-0.05, 0) is 56.2 Å². The van der Waals surface area contributed by atoms with Crippen molar-refractivity contribution in [1.82, 2.24) is 15.5 Å². The molecule has 1 amide bonds. The van der Waals surface area contributed by atoms with Crippen LogP contribution >= 0.6 is 23.5 Å². The molecule has 5 nitrogen and oxygen atoms in total. The number of rotatable bonds is 8. The van der Waals surface area contributed by atoms with Gasteiger partial charge in [0.15, 0.2) is 0 Å². The fraction of sp³-hybridized carbons (Fsp3) is 0.286. The molecule has 28 heavy (non-hydrogen) atoms. The van der Waals surface area contributed by atoms with Crippen LogP contribution in [0.3, 0.4) is 0 Å². The van der Waals surface area contributed by atoms with Crippen molar-refractivity contribution in [3.8, 4) is 11.5 Å². The average Bonchev–Trinajstić information content (AvgIpc) is 3.16. The number of benzene rings is 2. The van der Waals surface area contributed by atoms with Crippen molar-refractivity contribution in [3.05, 3.63) is 59.2 Å². The molecule has 0 atom stereocenters. The zero-order valence-electron chi connectivity index (χ0n) is 16.2. The topological polar surface area (TPSA) is 68.0 Å². The predicted octanol–water partition coefficient (Wildman–Crippen LogP) is 4.66. The van der Waals surface area contributed by atoms with Crippen LogP contribution in [-0.2, 0) is 4.79 Å². The second-order valence-electron chi connectivity index (χ2n) is 6.47. The molecule has 0 aliphatic rings. The van der Waals surface area contributed by atoms with Gasteiger partial charge in [-0.15, -0.1) is 22.0 Å². The Morgan fingerprint density at radius 2 is 1.79 bits per heavy atom. The van der Waals surface area contributed by atoms with Gasteiger partial charge in [-0.25, -0.2) is 0 Å². The zero-order valence-corrected chi connectivity index (χ0v) is 17.8. The molecule has 1 N–H and O–H groups in total. The van der Waals surface area contributed by atoms with Crippen LogP contribution in [-0.4, -0.2) is 34.2 Å². The highest BCUT2D eigenvalue weighted by Crippen LogP contribution is 2.24. The standard InChI is InChI=1S/C21H23N3O2S2/c1-14-4-8-18(9-5-14)27-11-10-22-19(25)13-28-21-24-23-20(26-21)17-7-6-15(2)16(3)12-17/h4-9,12H,10-11,13H2,1-3H3,(H,22,25). The minimum absolute atomic E-state index is 0.0413. The highest BCUT2D eigenvalue weighted by atomic mass is 32.2. The molecule has 3 rings (SSSR count). The molecule has 0 saturated carbocycles. The number of nitrogens with one attached hydrogen (secondary N) is 1. The van der Waals surface area contributed by atoms with Gasteiger partial charge >= 0.3 is 0 Å². The second-order valence-corrected chi connectivity index (χ2v) is 8.57. The lowest BCUT2D eigenvalue weighted by Crippen LogP contribution is -2.27. The summed E-state index contributed by atoms with van der Waals surface area (Å²) in [6.45, 7) is 6.80. The Bertz CT molecular complexity index is 939. The summed E-state index contributed by atoms with van der Waals surface area (Å²) in [7, 11) is 0. The van der Waals surface area contributed by atoms with Crippen LogP contribution < -0.4 is 5.32 Å². The molecule has 2 aromatic carbocycles. The lowest BCUT2D eigenvalue weighted by Gasteiger charge is -2.04. The summed E-state index contributed by atoms with van der Waals surface area (Å²) in [5, 5.41) is 11.4. The number of aromatic nitrogens is 2. The zero-order chi connectivity index (χ0) is 19.9. The van der Waals surface area contributed by atoms with E-state index in [1.807, 2.05) is 25.1 Å². The normalized spacial score (nSPS) is 10.8. The molecule has 0 saturated heterocycles. The maximum absolute atomic E-state index is 12.0. The molecule has 3 aromatic rings. The van der Waals surface area contributed by atoms with E-state index < -0.39 is 0 Å². The van der Waals surface area contributed by atoms with Gasteiger partial charge in [-0.1, -0.05) is 35.5 Å². The molecule has 0 aliphatic carbocycles. The molecule has 7 heteroatoms. The van der Waals surface area contributed by atoms with Gasteiger partial charge in [0.2, 0.25) is 11.8 Å². The van der Waals surface area contributed by atoms with Gasteiger partial charge in [-0.2, -0.15) is 0 Å². The predicted molar refractivity (Wildman–Crippen MR) is 115 cm³/mol. The number of hydrogen-bond acceptors (Lipinski definition) is 6. The van der Waals surface area contributed by atoms with Crippen molar-refractivity contribution in [3.63, 3.8) is 0 Å². The fourth-order valence-corrected chi connectivity index (χ4v) is 3.79. The largest absolute Gasteiger partial charge is 0.411 e. The summed E-state index contributed by atoms with van der Waals surface area (Å²) < 4.78 is 5.66. The molecule has 0 radical (unpaired) electrons. The van der Waals surface area contributed by atoms with Crippen LogP contribution in [0.25, 0.3) is 11.5 Å². The van der Waals surface area contributed by atoms with Gasteiger partial charge < -0.3 is 9.73 Å². The molecular formula is C21H23N3O2S2. The molecule has 0 fully saturated rings. The third-order valence-corrected chi connectivity index (χ3v) is 6.03. The molecule has 1 aromatic heterocycles. The van der Waals surface area contributed by atoms with Gasteiger partial charge in [-0.3, -0.25) is 4.79 Å². The number of aryl methyl sites for hydroxylation is 3. The number of hydrogen-bond donors (Lipinski definition) is 1. The lowest BCUT2D eigenvalue weighted by molar-refractivity contribution is -0.118. The van der Waals surface area contributed by atoms with E-state index in [-0.39, 0.29) is 11.7 Å². The van der Waals surface area contributed by atoms with E-state index in [4.69, 9.17) is 4.42 Å². The molecule has 0 bridgehead atoms. The average molecular weight is 414 g/mol. The number of carbonyl (C=O) groups is 1. The van der Waals surface area contributed by atoms with Crippen molar-refractivity contribution < 1.29 is 9.21 Å². The quantitative estimate of drug-likeness (QED) is 0.428. The van der Waals surface area contributed by atoms with Crippen LogP contribution in [0.1, 0.15) is 16.7 Å². The first-order chi connectivity index (χ1) is 13.5. The summed E-state index contributed by atoms with van der Waals surface area (Å²) in [5.74, 6) is 1.52. The maximum Gasteiger partial charge on any atom is 0.277 e. The first kappa shape index (κ1) is 20.5. The third kappa shape index (κ3) is 5.87. The molecule has 1 heterocycles. The number of amides is 1. The van der Waals surface area contributed by atoms with E-state index in [1.165, 1.54) is 33.3 Å². The first-order valence-corrected chi connectivity index (χ1v) is 11.0. The Morgan fingerprint density at radius 3 is 2.54 bits per heavy atom. The Morgan fingerprint density at radius 1 is 1.00 bits per heavy atom. The van der Waals surface area contributed by atoms with E-state index >= 15 is 0 Å². The minimum Gasteiger partial charge on any atom is -0.411 e. The monoisotopic (exact) mass is 413 g/mol. The summed E-state index contributed by atoms with van der Waals surface area (Å²) in [6, 6.07) is 14.4. The Kier molecular flexibility index (Phi) is 7.17. The Hall–Kier alpha value is -2.25. The van der Waals surface area contributed by atoms with Crippen molar-refractivity contribution in [2.45, 2.75) is 30.9 Å². The van der Waals surface area contributed by atoms with Gasteiger partial charge in [0.25, 0.3) is 5.22 Å². The van der Waals surface area contributed by atoms with Gasteiger partial charge in [0.05, 0.1) is 5.75 Å². The SMILES string of the molecule is Cc1ccc(SCCNC(=O)CSc2nnc(-c3ccc(C)c(C)c3)o2)cc1. The number of thioether (sulfide) groups is 2. The van der Waals surface area contributed by atoms with Crippen molar-refractivity contribution in [2.75, 3.05) is 18.1 Å². The third-order valence-electron chi connectivity index (χ3n) is 4.20.